The van der Waals surface area contributed by atoms with Crippen molar-refractivity contribution in [2.24, 2.45) is 0 Å². The van der Waals surface area contributed by atoms with Crippen LogP contribution >= 0.6 is 0 Å². The van der Waals surface area contributed by atoms with Crippen LogP contribution < -0.4 is 0 Å². The van der Waals surface area contributed by atoms with Gasteiger partial charge in [-0.2, -0.15) is 0 Å². The maximum Gasteiger partial charge on any atom is 0.220 e. The maximum atomic E-state index is 11.7. The molecule has 7 heteroatoms. The molecule has 0 aromatic heterocycles. The molecule has 1 aromatic carbocycles. The molecule has 0 saturated carbocycles. The van der Waals surface area contributed by atoms with Gasteiger partial charge in [0.1, 0.15) is 6.61 Å². The molecule has 1 atom stereocenters. The molecule has 6 nitrogen and oxygen atoms in total. The predicted octanol–water partition coefficient (Wildman–Crippen LogP) is 1.65. The topological polar surface area (TPSA) is 63.2 Å². The van der Waals surface area contributed by atoms with Crippen molar-refractivity contribution < 1.29 is 27.6 Å². The molecule has 0 aliphatic carbocycles. The molecule has 0 fully saturated rings. The summed E-state index contributed by atoms with van der Waals surface area (Å²) >= 11 is -1.62. The first-order valence-corrected chi connectivity index (χ1v) is 7.74. The van der Waals surface area contributed by atoms with Gasteiger partial charge in [-0.1, -0.05) is 17.7 Å². The van der Waals surface area contributed by atoms with E-state index in [1.807, 2.05) is 19.1 Å². The zero-order valence-electron chi connectivity index (χ0n) is 12.4. The fourth-order valence-electron chi connectivity index (χ4n) is 1.32. The molecule has 1 rings (SSSR count). The third-order valence-electron chi connectivity index (χ3n) is 2.44. The number of methoxy groups -OCH3 is 1. The highest BCUT2D eigenvalue weighted by atomic mass is 32.2. The Balaban J connectivity index is 1.96. The Morgan fingerprint density at radius 3 is 2.10 bits per heavy atom. The summed E-state index contributed by atoms with van der Waals surface area (Å²) in [5.74, 6) is 0. The Morgan fingerprint density at radius 2 is 1.48 bits per heavy atom. The molecule has 0 amide bonds. The summed E-state index contributed by atoms with van der Waals surface area (Å²) < 4.78 is 31.8. The molecule has 1 aromatic rings. The van der Waals surface area contributed by atoms with Crippen molar-refractivity contribution in [3.8, 4) is 0 Å². The van der Waals surface area contributed by atoms with Gasteiger partial charge in [-0.3, -0.25) is 0 Å². The molecule has 0 N–H and O–H groups in total. The number of benzene rings is 1. The minimum absolute atomic E-state index is 0.204. The van der Waals surface area contributed by atoms with Crippen LogP contribution in [0.2, 0.25) is 0 Å². The molecule has 120 valence electrons. The second-order valence-electron chi connectivity index (χ2n) is 4.16. The zero-order chi connectivity index (χ0) is 15.3. The van der Waals surface area contributed by atoms with E-state index in [-0.39, 0.29) is 6.61 Å². The molecule has 0 aliphatic heterocycles. The highest BCUT2D eigenvalue weighted by Gasteiger charge is 2.04. The molecule has 0 saturated heterocycles. The van der Waals surface area contributed by atoms with E-state index in [9.17, 15) is 4.21 Å². The number of ether oxygens (including phenoxy) is 3. The number of hydrogen-bond acceptors (Lipinski definition) is 6. The van der Waals surface area contributed by atoms with Crippen LogP contribution in [0.25, 0.3) is 0 Å². The Bertz CT molecular complexity index is 395. The summed E-state index contributed by atoms with van der Waals surface area (Å²) in [4.78, 5) is 5.40. The first-order chi connectivity index (χ1) is 10.2. The van der Waals surface area contributed by atoms with Gasteiger partial charge in [0.05, 0.1) is 37.9 Å². The van der Waals surface area contributed by atoms with Crippen LogP contribution in [0.1, 0.15) is 5.56 Å². The van der Waals surface area contributed by atoms with Crippen LogP contribution in [-0.2, 0) is 34.5 Å². The average Bonchev–Trinajstić information content (AvgIpc) is 2.49. The fraction of sp³-hybridized carbons (Fsp3) is 0.571. The lowest BCUT2D eigenvalue weighted by Gasteiger charge is -2.06. The minimum Gasteiger partial charge on any atom is -0.382 e. The van der Waals surface area contributed by atoms with E-state index < -0.39 is 11.1 Å². The Hall–Kier alpha value is -0.830. The molecule has 0 bridgehead atoms. The van der Waals surface area contributed by atoms with Crippen molar-refractivity contribution in [2.45, 2.75) is 11.8 Å². The fourth-order valence-corrected chi connectivity index (χ4v) is 1.92. The monoisotopic (exact) mass is 318 g/mol. The first kappa shape index (κ1) is 18.2. The minimum atomic E-state index is -1.62. The number of hydrogen-bond donors (Lipinski definition) is 0. The van der Waals surface area contributed by atoms with E-state index in [2.05, 4.69) is 0 Å². The molecule has 0 spiro atoms. The molecule has 0 aliphatic rings. The lowest BCUT2D eigenvalue weighted by Crippen LogP contribution is -2.11. The third kappa shape index (κ3) is 8.92. The Morgan fingerprint density at radius 1 is 0.905 bits per heavy atom. The molecular formula is C14H22O6S. The lowest BCUT2D eigenvalue weighted by molar-refractivity contribution is -0.206. The molecule has 0 radical (unpaired) electrons. The normalized spacial score (nSPS) is 12.5. The van der Waals surface area contributed by atoms with E-state index in [4.69, 9.17) is 23.4 Å². The number of rotatable bonds is 12. The van der Waals surface area contributed by atoms with Gasteiger partial charge >= 0.3 is 0 Å². The SMILES string of the molecule is COCCOCCOCCOOS(=O)c1ccc(C)cc1. The summed E-state index contributed by atoms with van der Waals surface area (Å²) in [5, 5.41) is 0. The van der Waals surface area contributed by atoms with E-state index in [1.165, 1.54) is 0 Å². The van der Waals surface area contributed by atoms with Crippen molar-refractivity contribution in [2.75, 3.05) is 46.8 Å². The van der Waals surface area contributed by atoms with Gasteiger partial charge in [0.15, 0.2) is 0 Å². The van der Waals surface area contributed by atoms with Gasteiger partial charge in [0.2, 0.25) is 11.1 Å². The van der Waals surface area contributed by atoms with Crippen LogP contribution in [0.5, 0.6) is 0 Å². The van der Waals surface area contributed by atoms with Gasteiger partial charge < -0.3 is 14.2 Å². The predicted molar refractivity (Wildman–Crippen MR) is 78.1 cm³/mol. The summed E-state index contributed by atoms with van der Waals surface area (Å²) in [5.41, 5.74) is 1.10. The second-order valence-corrected chi connectivity index (χ2v) is 5.23. The largest absolute Gasteiger partial charge is 0.382 e. The Labute approximate surface area is 127 Å². The summed E-state index contributed by atoms with van der Waals surface area (Å²) in [7, 11) is 1.62. The number of aryl methyl sites for hydroxylation is 1. The van der Waals surface area contributed by atoms with Crippen LogP contribution in [0.3, 0.4) is 0 Å². The highest BCUT2D eigenvalue weighted by Crippen LogP contribution is 2.09. The van der Waals surface area contributed by atoms with Gasteiger partial charge in [-0.15, -0.1) is 4.33 Å². The van der Waals surface area contributed by atoms with Gasteiger partial charge in [-0.25, -0.2) is 9.10 Å². The first-order valence-electron chi connectivity index (χ1n) is 6.67. The lowest BCUT2D eigenvalue weighted by atomic mass is 10.2. The quantitative estimate of drug-likeness (QED) is 0.332. The average molecular weight is 318 g/mol. The van der Waals surface area contributed by atoms with E-state index >= 15 is 0 Å². The standard InChI is InChI=1S/C14H22O6S/c1-13-3-5-14(6-4-13)21(15)20-19-12-11-18-10-9-17-8-7-16-2/h3-6H,7-12H2,1-2H3. The van der Waals surface area contributed by atoms with Crippen molar-refractivity contribution in [3.05, 3.63) is 29.8 Å². The van der Waals surface area contributed by atoms with Gasteiger partial charge in [0, 0.05) is 7.11 Å². The summed E-state index contributed by atoms with van der Waals surface area (Å²) in [6.07, 6.45) is 0. The highest BCUT2D eigenvalue weighted by molar-refractivity contribution is 7.80. The maximum absolute atomic E-state index is 11.7. The third-order valence-corrected chi connectivity index (χ3v) is 3.32. The van der Waals surface area contributed by atoms with E-state index in [0.717, 1.165) is 5.56 Å². The zero-order valence-corrected chi connectivity index (χ0v) is 13.2. The van der Waals surface area contributed by atoms with E-state index in [1.54, 1.807) is 19.2 Å². The summed E-state index contributed by atoms with van der Waals surface area (Å²) in [6, 6.07) is 7.21. The van der Waals surface area contributed by atoms with Crippen molar-refractivity contribution in [3.63, 3.8) is 0 Å². The van der Waals surface area contributed by atoms with Crippen molar-refractivity contribution >= 4 is 11.1 Å². The van der Waals surface area contributed by atoms with Crippen LogP contribution in [0.4, 0.5) is 0 Å². The smallest absolute Gasteiger partial charge is 0.220 e. The Kier molecular flexibility index (Phi) is 10.2. The molecule has 21 heavy (non-hydrogen) atoms. The molecule has 0 heterocycles. The van der Waals surface area contributed by atoms with Gasteiger partial charge in [0.25, 0.3) is 0 Å². The molecular weight excluding hydrogens is 296 g/mol. The summed E-state index contributed by atoms with van der Waals surface area (Å²) in [6.45, 7) is 4.60. The second kappa shape index (κ2) is 11.8. The molecule has 1 unspecified atom stereocenters. The van der Waals surface area contributed by atoms with Crippen molar-refractivity contribution in [1.29, 1.82) is 0 Å². The van der Waals surface area contributed by atoms with Gasteiger partial charge in [-0.05, 0) is 19.1 Å². The van der Waals surface area contributed by atoms with Crippen molar-refractivity contribution in [1.82, 2.24) is 0 Å². The van der Waals surface area contributed by atoms with Crippen LogP contribution in [0, 0.1) is 6.92 Å². The van der Waals surface area contributed by atoms with Crippen LogP contribution in [-0.4, -0.2) is 51.0 Å². The van der Waals surface area contributed by atoms with Crippen LogP contribution in [0.15, 0.2) is 29.2 Å². The van der Waals surface area contributed by atoms with E-state index in [0.29, 0.717) is 37.9 Å².